The van der Waals surface area contributed by atoms with Crippen molar-refractivity contribution in [2.45, 2.75) is 0 Å². The Morgan fingerprint density at radius 3 is 2.65 bits per heavy atom. The molecule has 0 N–H and O–H groups in total. The van der Waals surface area contributed by atoms with Gasteiger partial charge in [0.05, 0.1) is 15.7 Å². The molecule has 0 aliphatic rings. The van der Waals surface area contributed by atoms with Crippen molar-refractivity contribution in [3.05, 3.63) is 70.3 Å². The third-order valence-electron chi connectivity index (χ3n) is 3.62. The first-order valence-electron chi connectivity index (χ1n) is 6.96. The molecule has 4 rings (SSSR count). The maximum atomic E-state index is 6.10. The molecule has 0 aliphatic heterocycles. The van der Waals surface area contributed by atoms with Crippen LogP contribution in [0.2, 0.25) is 10.0 Å². The Bertz CT molecular complexity index is 1010. The van der Waals surface area contributed by atoms with E-state index >= 15 is 0 Å². The zero-order valence-electron chi connectivity index (χ0n) is 11.8. The van der Waals surface area contributed by atoms with Crippen LogP contribution in [0.25, 0.3) is 32.6 Å². The fourth-order valence-electron chi connectivity index (χ4n) is 2.47. The van der Waals surface area contributed by atoms with Gasteiger partial charge < -0.3 is 0 Å². The molecule has 0 radical (unpaired) electrons. The van der Waals surface area contributed by atoms with E-state index in [1.54, 1.807) is 17.4 Å². The third-order valence-corrected chi connectivity index (χ3v) is 5.23. The quantitative estimate of drug-likeness (QED) is 0.419. The largest absolute Gasteiger partial charge is 0.263 e. The molecule has 0 saturated heterocycles. The first-order valence-corrected chi connectivity index (χ1v) is 8.60. The number of thiazole rings is 1. The first kappa shape index (κ1) is 14.6. The minimum Gasteiger partial charge on any atom is -0.263 e. The van der Waals surface area contributed by atoms with Crippen molar-refractivity contribution < 1.29 is 0 Å². The molecule has 4 aromatic rings. The van der Waals surface area contributed by atoms with Crippen LogP contribution in [0.3, 0.4) is 0 Å². The Labute approximate surface area is 147 Å². The van der Waals surface area contributed by atoms with E-state index in [9.17, 15) is 0 Å². The van der Waals surface area contributed by atoms with Gasteiger partial charge in [-0.2, -0.15) is 0 Å². The van der Waals surface area contributed by atoms with Gasteiger partial charge >= 0.3 is 0 Å². The van der Waals surface area contributed by atoms with E-state index in [0.29, 0.717) is 10.0 Å². The third kappa shape index (κ3) is 2.72. The number of pyridine rings is 1. The lowest BCUT2D eigenvalue weighted by molar-refractivity contribution is 1.34. The summed E-state index contributed by atoms with van der Waals surface area (Å²) < 4.78 is 0. The lowest BCUT2D eigenvalue weighted by atomic mass is 10.1. The van der Waals surface area contributed by atoms with Gasteiger partial charge in [0.15, 0.2) is 0 Å². The fourth-order valence-corrected chi connectivity index (χ4v) is 3.62. The van der Waals surface area contributed by atoms with E-state index in [1.807, 2.05) is 42.0 Å². The highest BCUT2D eigenvalue weighted by molar-refractivity contribution is 7.13. The van der Waals surface area contributed by atoms with E-state index in [4.69, 9.17) is 28.2 Å². The Morgan fingerprint density at radius 2 is 1.78 bits per heavy atom. The predicted molar refractivity (Wildman–Crippen MR) is 98.3 cm³/mol. The molecule has 2 aromatic carbocycles. The number of benzene rings is 2. The number of hydrogen-bond acceptors (Lipinski definition) is 3. The second kappa shape index (κ2) is 5.93. The summed E-state index contributed by atoms with van der Waals surface area (Å²) >= 11 is 13.7. The Morgan fingerprint density at radius 1 is 0.913 bits per heavy atom. The van der Waals surface area contributed by atoms with Crippen molar-refractivity contribution in [1.29, 1.82) is 0 Å². The summed E-state index contributed by atoms with van der Waals surface area (Å²) in [6.07, 6.45) is 3.73. The maximum absolute atomic E-state index is 6.10. The Hall–Kier alpha value is -1.94. The average Bonchev–Trinajstić information content (AvgIpc) is 3.06. The van der Waals surface area contributed by atoms with E-state index < -0.39 is 0 Å². The SMILES string of the molecule is Clc1ccc(-c2csc(-c3cncc4ccccc34)n2)cc1Cl. The Kier molecular flexibility index (Phi) is 3.77. The summed E-state index contributed by atoms with van der Waals surface area (Å²) in [5.41, 5.74) is 2.88. The molecule has 2 heterocycles. The normalized spacial score (nSPS) is 11.0. The number of halogens is 2. The van der Waals surface area contributed by atoms with Crippen molar-refractivity contribution in [2.24, 2.45) is 0 Å². The van der Waals surface area contributed by atoms with E-state index in [2.05, 4.69) is 17.1 Å². The molecule has 112 valence electrons. The second-order valence-electron chi connectivity index (χ2n) is 5.07. The summed E-state index contributed by atoms with van der Waals surface area (Å²) in [4.78, 5) is 9.07. The number of aromatic nitrogens is 2. The predicted octanol–water partition coefficient (Wildman–Crippen LogP) is 6.33. The molecule has 0 bridgehead atoms. The zero-order valence-corrected chi connectivity index (χ0v) is 14.2. The van der Waals surface area contributed by atoms with Crippen molar-refractivity contribution >= 4 is 45.3 Å². The molecular formula is C18H10Cl2N2S. The van der Waals surface area contributed by atoms with Crippen molar-refractivity contribution in [2.75, 3.05) is 0 Å². The number of rotatable bonds is 2. The van der Waals surface area contributed by atoms with Gasteiger partial charge in [-0.3, -0.25) is 4.98 Å². The lowest BCUT2D eigenvalue weighted by Gasteiger charge is -2.03. The summed E-state index contributed by atoms with van der Waals surface area (Å²) in [6, 6.07) is 13.7. The highest BCUT2D eigenvalue weighted by atomic mass is 35.5. The second-order valence-corrected chi connectivity index (χ2v) is 6.75. The van der Waals surface area contributed by atoms with Gasteiger partial charge in [-0.1, -0.05) is 53.5 Å². The molecule has 0 atom stereocenters. The molecule has 5 heteroatoms. The number of hydrogen-bond donors (Lipinski definition) is 0. The van der Waals surface area contributed by atoms with Crippen LogP contribution in [0.5, 0.6) is 0 Å². The molecule has 0 aliphatic carbocycles. The van der Waals surface area contributed by atoms with Crippen LogP contribution in [-0.4, -0.2) is 9.97 Å². The van der Waals surface area contributed by atoms with Gasteiger partial charge in [0.25, 0.3) is 0 Å². The summed E-state index contributed by atoms with van der Waals surface area (Å²) in [7, 11) is 0. The lowest BCUT2D eigenvalue weighted by Crippen LogP contribution is -1.84. The van der Waals surface area contributed by atoms with Crippen LogP contribution >= 0.6 is 34.5 Å². The minimum absolute atomic E-state index is 0.533. The monoisotopic (exact) mass is 356 g/mol. The van der Waals surface area contributed by atoms with Gasteiger partial charge in [-0.05, 0) is 17.5 Å². The van der Waals surface area contributed by atoms with E-state index in [-0.39, 0.29) is 0 Å². The van der Waals surface area contributed by atoms with Gasteiger partial charge in [0.1, 0.15) is 5.01 Å². The summed E-state index contributed by atoms with van der Waals surface area (Å²) in [5.74, 6) is 0. The molecule has 0 amide bonds. The van der Waals surface area contributed by atoms with Crippen LogP contribution in [0.4, 0.5) is 0 Å². The molecular weight excluding hydrogens is 347 g/mol. The van der Waals surface area contributed by atoms with Crippen LogP contribution in [0, 0.1) is 0 Å². The van der Waals surface area contributed by atoms with Crippen LogP contribution < -0.4 is 0 Å². The van der Waals surface area contributed by atoms with Gasteiger partial charge in [0, 0.05) is 34.3 Å². The van der Waals surface area contributed by atoms with Crippen LogP contribution in [0.1, 0.15) is 0 Å². The number of nitrogens with zero attached hydrogens (tertiary/aromatic N) is 2. The molecule has 0 spiro atoms. The van der Waals surface area contributed by atoms with E-state index in [1.165, 1.54) is 0 Å². The Balaban J connectivity index is 1.82. The average molecular weight is 357 g/mol. The molecule has 0 saturated carbocycles. The topological polar surface area (TPSA) is 25.8 Å². The van der Waals surface area contributed by atoms with Gasteiger partial charge in [-0.15, -0.1) is 11.3 Å². The van der Waals surface area contributed by atoms with Gasteiger partial charge in [-0.25, -0.2) is 4.98 Å². The van der Waals surface area contributed by atoms with Crippen LogP contribution in [0.15, 0.2) is 60.2 Å². The summed E-state index contributed by atoms with van der Waals surface area (Å²) in [5, 5.41) is 6.30. The highest BCUT2D eigenvalue weighted by Crippen LogP contribution is 2.34. The van der Waals surface area contributed by atoms with Crippen molar-refractivity contribution in [3.8, 4) is 21.8 Å². The molecule has 2 nitrogen and oxygen atoms in total. The molecule has 0 fully saturated rings. The first-order chi connectivity index (χ1) is 11.2. The van der Waals surface area contributed by atoms with Gasteiger partial charge in [0.2, 0.25) is 0 Å². The molecule has 0 unspecified atom stereocenters. The fraction of sp³-hybridized carbons (Fsp3) is 0. The van der Waals surface area contributed by atoms with Crippen molar-refractivity contribution in [1.82, 2.24) is 9.97 Å². The van der Waals surface area contributed by atoms with Crippen LogP contribution in [-0.2, 0) is 0 Å². The standard InChI is InChI=1S/C18H10Cl2N2S/c19-15-6-5-11(7-16(15)20)17-10-23-18(22-17)14-9-21-8-12-3-1-2-4-13(12)14/h1-10H. The molecule has 2 aromatic heterocycles. The smallest absolute Gasteiger partial charge is 0.126 e. The maximum Gasteiger partial charge on any atom is 0.126 e. The highest BCUT2D eigenvalue weighted by Gasteiger charge is 2.11. The van der Waals surface area contributed by atoms with Crippen molar-refractivity contribution in [3.63, 3.8) is 0 Å². The van der Waals surface area contributed by atoms with E-state index in [0.717, 1.165) is 32.6 Å². The number of fused-ring (bicyclic) bond motifs is 1. The minimum atomic E-state index is 0.533. The summed E-state index contributed by atoms with van der Waals surface area (Å²) in [6.45, 7) is 0. The molecule has 23 heavy (non-hydrogen) atoms. The zero-order chi connectivity index (χ0) is 15.8.